The molecule has 2 rings (SSSR count). The summed E-state index contributed by atoms with van der Waals surface area (Å²) >= 11 is 13.4. The number of nitrogens with one attached hydrogen (secondary N) is 3. The quantitative estimate of drug-likeness (QED) is 0.270. The van der Waals surface area contributed by atoms with Gasteiger partial charge in [-0.05, 0) is 25.1 Å². The third-order valence-electron chi connectivity index (χ3n) is 3.89. The summed E-state index contributed by atoms with van der Waals surface area (Å²) in [4.78, 5) is 6.59. The van der Waals surface area contributed by atoms with Crippen LogP contribution in [0.15, 0.2) is 40.1 Å². The molecule has 0 aliphatic carbocycles. The molecule has 2 aromatic rings. The number of aromatic amines is 1. The number of benzene rings is 1. The number of allylic oxidation sites excluding steroid dienone is 1. The van der Waals surface area contributed by atoms with Crippen LogP contribution in [0.2, 0.25) is 10.0 Å². The number of aromatic nitrogens is 2. The fourth-order valence-electron chi connectivity index (χ4n) is 2.33. The van der Waals surface area contributed by atoms with Crippen molar-refractivity contribution in [1.82, 2.24) is 20.6 Å². The maximum absolute atomic E-state index is 13.0. The fraction of sp³-hybridized carbons (Fsp3) is 0.263. The van der Waals surface area contributed by atoms with Crippen LogP contribution in [0.4, 0.5) is 0 Å². The Morgan fingerprint density at radius 2 is 2.10 bits per heavy atom. The van der Waals surface area contributed by atoms with Crippen molar-refractivity contribution in [3.63, 3.8) is 0 Å². The molecule has 1 aromatic carbocycles. The van der Waals surface area contributed by atoms with E-state index in [1.165, 1.54) is 18.2 Å². The van der Waals surface area contributed by atoms with E-state index in [2.05, 4.69) is 26.5 Å². The van der Waals surface area contributed by atoms with E-state index < -0.39 is 14.7 Å². The maximum atomic E-state index is 13.0. The smallest absolute Gasteiger partial charge is 0.220 e. The first-order valence-corrected chi connectivity index (χ1v) is 12.0. The van der Waals surface area contributed by atoms with Gasteiger partial charge in [0.2, 0.25) is 9.84 Å². The van der Waals surface area contributed by atoms with Crippen LogP contribution < -0.4 is 10.6 Å². The number of halogens is 2. The highest BCUT2D eigenvalue weighted by Crippen LogP contribution is 2.28. The normalized spacial score (nSPS) is 11.9. The van der Waals surface area contributed by atoms with E-state index >= 15 is 0 Å². The first-order chi connectivity index (χ1) is 14.3. The molecule has 0 bridgehead atoms. The van der Waals surface area contributed by atoms with E-state index in [1.54, 1.807) is 24.2 Å². The predicted molar refractivity (Wildman–Crippen MR) is 121 cm³/mol. The SMILES string of the molecule is C#CCN/C(NCCSCc1[nH]cnc1C)=C(\C#N)S(=O)(=O)c1ccc(Cl)c(Cl)c1. The van der Waals surface area contributed by atoms with Crippen molar-refractivity contribution in [3.05, 3.63) is 56.7 Å². The van der Waals surface area contributed by atoms with Crippen LogP contribution >= 0.6 is 35.0 Å². The summed E-state index contributed by atoms with van der Waals surface area (Å²) in [5.41, 5.74) is 1.97. The fourth-order valence-corrected chi connectivity index (χ4v) is 4.87. The Hall–Kier alpha value is -2.30. The van der Waals surface area contributed by atoms with Gasteiger partial charge in [-0.25, -0.2) is 13.4 Å². The molecule has 11 heteroatoms. The lowest BCUT2D eigenvalue weighted by atomic mass is 10.4. The van der Waals surface area contributed by atoms with Crippen LogP contribution in [0.1, 0.15) is 11.4 Å². The molecule has 30 heavy (non-hydrogen) atoms. The first-order valence-electron chi connectivity index (χ1n) is 8.63. The number of thioether (sulfide) groups is 1. The second-order valence-corrected chi connectivity index (χ2v) is 9.70. The third-order valence-corrected chi connectivity index (χ3v) is 7.33. The minimum Gasteiger partial charge on any atom is -0.369 e. The van der Waals surface area contributed by atoms with Crippen LogP contribution in [0.3, 0.4) is 0 Å². The number of hydrogen-bond donors (Lipinski definition) is 3. The standard InChI is InChI=1S/C19H19Cl2N5O2S2/c1-3-6-23-19(24-7-8-29-11-17-13(2)25-12-26-17)18(10-22)30(27,28)14-4-5-15(20)16(21)9-14/h1,4-5,9,12,23-24H,6-8,11H2,2H3,(H,25,26)/b19-18-. The lowest BCUT2D eigenvalue weighted by Gasteiger charge is -2.15. The molecule has 0 saturated heterocycles. The van der Waals surface area contributed by atoms with Crippen LogP contribution in [-0.4, -0.2) is 37.2 Å². The number of sulfone groups is 1. The molecule has 0 atom stereocenters. The molecule has 0 fully saturated rings. The van der Waals surface area contributed by atoms with Crippen LogP contribution in [-0.2, 0) is 15.6 Å². The predicted octanol–water partition coefficient (Wildman–Crippen LogP) is 3.24. The van der Waals surface area contributed by atoms with Gasteiger partial charge in [0.05, 0.1) is 33.5 Å². The molecule has 7 nitrogen and oxygen atoms in total. The highest BCUT2D eigenvalue weighted by Gasteiger charge is 2.26. The lowest BCUT2D eigenvalue weighted by molar-refractivity contribution is 0.601. The summed E-state index contributed by atoms with van der Waals surface area (Å²) in [5.74, 6) is 3.80. The Kier molecular flexibility index (Phi) is 8.94. The van der Waals surface area contributed by atoms with Gasteiger partial charge in [-0.15, -0.1) is 6.42 Å². The number of H-pyrrole nitrogens is 1. The Morgan fingerprint density at radius 3 is 2.70 bits per heavy atom. The molecular weight excluding hydrogens is 465 g/mol. The van der Waals surface area contributed by atoms with Gasteiger partial charge in [-0.1, -0.05) is 29.1 Å². The second-order valence-electron chi connectivity index (χ2n) is 5.90. The summed E-state index contributed by atoms with van der Waals surface area (Å²) in [7, 11) is -4.14. The van der Waals surface area contributed by atoms with Crippen molar-refractivity contribution < 1.29 is 8.42 Å². The van der Waals surface area contributed by atoms with Gasteiger partial charge >= 0.3 is 0 Å². The van der Waals surface area contributed by atoms with E-state index in [0.29, 0.717) is 12.3 Å². The van der Waals surface area contributed by atoms with Crippen LogP contribution in [0.25, 0.3) is 0 Å². The van der Waals surface area contributed by atoms with Crippen molar-refractivity contribution >= 4 is 44.8 Å². The van der Waals surface area contributed by atoms with E-state index in [9.17, 15) is 13.7 Å². The summed E-state index contributed by atoms with van der Waals surface area (Å²) in [6.07, 6.45) is 6.92. The Balaban J connectivity index is 2.17. The summed E-state index contributed by atoms with van der Waals surface area (Å²) in [6, 6.07) is 5.62. The zero-order chi connectivity index (χ0) is 22.1. The molecule has 158 valence electrons. The Labute approximate surface area is 190 Å². The van der Waals surface area contributed by atoms with E-state index in [0.717, 1.165) is 17.1 Å². The summed E-state index contributed by atoms with van der Waals surface area (Å²) in [6.45, 7) is 2.38. The molecule has 0 aliphatic heterocycles. The average molecular weight is 484 g/mol. The minimum atomic E-state index is -4.14. The van der Waals surface area contributed by atoms with Gasteiger partial charge in [0, 0.05) is 23.7 Å². The molecule has 0 unspecified atom stereocenters. The second kappa shape index (κ2) is 11.2. The zero-order valence-electron chi connectivity index (χ0n) is 16.0. The van der Waals surface area contributed by atoms with Crippen molar-refractivity contribution in [2.75, 3.05) is 18.8 Å². The van der Waals surface area contributed by atoms with E-state index in [1.807, 2.05) is 6.92 Å². The maximum Gasteiger partial charge on any atom is 0.220 e. The largest absolute Gasteiger partial charge is 0.369 e. The lowest BCUT2D eigenvalue weighted by Crippen LogP contribution is -2.31. The first kappa shape index (κ1) is 24.0. The number of rotatable bonds is 10. The molecule has 3 N–H and O–H groups in total. The van der Waals surface area contributed by atoms with Crippen LogP contribution in [0, 0.1) is 30.6 Å². The highest BCUT2D eigenvalue weighted by atomic mass is 35.5. The number of nitriles is 1. The van der Waals surface area contributed by atoms with Crippen molar-refractivity contribution in [2.45, 2.75) is 17.6 Å². The molecule has 0 radical (unpaired) electrons. The number of hydrogen-bond acceptors (Lipinski definition) is 7. The number of aryl methyl sites for hydroxylation is 1. The van der Waals surface area contributed by atoms with Gasteiger partial charge in [0.25, 0.3) is 0 Å². The molecule has 1 heterocycles. The Bertz CT molecular complexity index is 1110. The molecule has 0 spiro atoms. The zero-order valence-corrected chi connectivity index (χ0v) is 19.1. The van der Waals surface area contributed by atoms with Crippen molar-refractivity contribution in [2.24, 2.45) is 0 Å². The molecule has 0 aliphatic rings. The number of imidazole rings is 1. The monoisotopic (exact) mass is 483 g/mol. The van der Waals surface area contributed by atoms with E-state index in [-0.39, 0.29) is 27.3 Å². The van der Waals surface area contributed by atoms with Crippen molar-refractivity contribution in [1.29, 1.82) is 5.26 Å². The molecule has 0 amide bonds. The van der Waals surface area contributed by atoms with Gasteiger partial charge in [0.1, 0.15) is 11.9 Å². The van der Waals surface area contributed by atoms with Gasteiger partial charge in [-0.2, -0.15) is 17.0 Å². The average Bonchev–Trinajstić information content (AvgIpc) is 3.12. The van der Waals surface area contributed by atoms with E-state index in [4.69, 9.17) is 29.6 Å². The topological polar surface area (TPSA) is 111 Å². The van der Waals surface area contributed by atoms with Gasteiger partial charge < -0.3 is 15.6 Å². The molecule has 0 saturated carbocycles. The minimum absolute atomic E-state index is 0.0415. The van der Waals surface area contributed by atoms with Crippen molar-refractivity contribution in [3.8, 4) is 18.4 Å². The summed E-state index contributed by atoms with van der Waals surface area (Å²) < 4.78 is 26.0. The number of terminal acetylenes is 1. The Morgan fingerprint density at radius 1 is 1.33 bits per heavy atom. The van der Waals surface area contributed by atoms with Crippen LogP contribution in [0.5, 0.6) is 0 Å². The highest BCUT2D eigenvalue weighted by molar-refractivity contribution is 7.98. The molecular formula is C19H19Cl2N5O2S2. The van der Waals surface area contributed by atoms with Gasteiger partial charge in [0.15, 0.2) is 4.91 Å². The van der Waals surface area contributed by atoms with Gasteiger partial charge in [-0.3, -0.25) is 0 Å². The third kappa shape index (κ3) is 6.10. The molecule has 1 aromatic heterocycles. The number of nitrogens with zero attached hydrogens (tertiary/aromatic N) is 2. The summed E-state index contributed by atoms with van der Waals surface area (Å²) in [5, 5.41) is 15.6.